The van der Waals surface area contributed by atoms with Crippen molar-refractivity contribution in [2.45, 2.75) is 38.2 Å². The van der Waals surface area contributed by atoms with Gasteiger partial charge < -0.3 is 4.74 Å². The van der Waals surface area contributed by atoms with Crippen molar-refractivity contribution in [3.63, 3.8) is 0 Å². The molecule has 66 valence electrons. The number of hydrogen-bond donors (Lipinski definition) is 0. The number of carbonyl (C=O) groups excluding carboxylic acids is 1. The van der Waals surface area contributed by atoms with E-state index in [1.165, 1.54) is 0 Å². The molecule has 0 radical (unpaired) electrons. The molecule has 0 aliphatic heterocycles. The molecular weight excluding hydrogens is 152 g/mol. The van der Waals surface area contributed by atoms with Gasteiger partial charge in [0, 0.05) is 19.3 Å². The summed E-state index contributed by atoms with van der Waals surface area (Å²) in [6.45, 7) is 0.634. The standard InChI is InChI=1S/C10H14O2/c1-2-3-8-12-10-6-4-9(11)5-7-10/h1,10H,3-8H2. The summed E-state index contributed by atoms with van der Waals surface area (Å²) in [5.74, 6) is 2.89. The predicted octanol–water partition coefficient (Wildman–Crippen LogP) is 1.54. The molecule has 0 N–H and O–H groups in total. The average Bonchev–Trinajstić information content (AvgIpc) is 2.09. The fraction of sp³-hybridized carbons (Fsp3) is 0.700. The van der Waals surface area contributed by atoms with Gasteiger partial charge in [0.15, 0.2) is 0 Å². The van der Waals surface area contributed by atoms with Gasteiger partial charge >= 0.3 is 0 Å². The van der Waals surface area contributed by atoms with Crippen LogP contribution < -0.4 is 0 Å². The van der Waals surface area contributed by atoms with Crippen LogP contribution in [0.4, 0.5) is 0 Å². The van der Waals surface area contributed by atoms with Gasteiger partial charge in [0.05, 0.1) is 12.7 Å². The highest BCUT2D eigenvalue weighted by atomic mass is 16.5. The Morgan fingerprint density at radius 1 is 1.50 bits per heavy atom. The van der Waals surface area contributed by atoms with Crippen LogP contribution in [-0.2, 0) is 9.53 Å². The SMILES string of the molecule is C#CCCOC1CCC(=O)CC1. The van der Waals surface area contributed by atoms with Crippen LogP contribution in [0.3, 0.4) is 0 Å². The molecule has 1 rings (SSSR count). The minimum absolute atomic E-state index is 0.274. The number of terminal acetylenes is 1. The summed E-state index contributed by atoms with van der Waals surface area (Å²) in [6, 6.07) is 0. The van der Waals surface area contributed by atoms with Crippen molar-refractivity contribution in [1.82, 2.24) is 0 Å². The lowest BCUT2D eigenvalue weighted by Gasteiger charge is -2.20. The highest BCUT2D eigenvalue weighted by molar-refractivity contribution is 5.79. The molecule has 2 heteroatoms. The number of ether oxygens (including phenoxy) is 1. The summed E-state index contributed by atoms with van der Waals surface area (Å²) in [5.41, 5.74) is 0. The highest BCUT2D eigenvalue weighted by Crippen LogP contribution is 2.17. The van der Waals surface area contributed by atoms with Crippen molar-refractivity contribution in [2.75, 3.05) is 6.61 Å². The molecule has 0 bridgehead atoms. The molecule has 0 atom stereocenters. The second kappa shape index (κ2) is 4.95. The van der Waals surface area contributed by atoms with Gasteiger partial charge in [-0.1, -0.05) is 0 Å². The van der Waals surface area contributed by atoms with Gasteiger partial charge in [-0.3, -0.25) is 4.79 Å². The third kappa shape index (κ3) is 3.06. The maximum Gasteiger partial charge on any atom is 0.133 e. The number of hydrogen-bond acceptors (Lipinski definition) is 2. The van der Waals surface area contributed by atoms with Crippen LogP contribution in [0.25, 0.3) is 0 Å². The zero-order chi connectivity index (χ0) is 8.81. The molecule has 0 heterocycles. The van der Waals surface area contributed by atoms with Gasteiger partial charge in [-0.15, -0.1) is 12.3 Å². The van der Waals surface area contributed by atoms with Crippen LogP contribution in [0, 0.1) is 12.3 Å². The molecule has 1 aliphatic carbocycles. The zero-order valence-electron chi connectivity index (χ0n) is 7.21. The van der Waals surface area contributed by atoms with E-state index in [1.54, 1.807) is 0 Å². The Kier molecular flexibility index (Phi) is 3.83. The average molecular weight is 166 g/mol. The van der Waals surface area contributed by atoms with Gasteiger partial charge in [-0.05, 0) is 12.8 Å². The third-order valence-corrected chi connectivity index (χ3v) is 2.09. The van der Waals surface area contributed by atoms with Crippen LogP contribution >= 0.6 is 0 Å². The Hall–Kier alpha value is -0.810. The maximum absolute atomic E-state index is 10.9. The lowest BCUT2D eigenvalue weighted by atomic mass is 9.96. The minimum atomic E-state index is 0.274. The molecule has 0 spiro atoms. The molecule has 12 heavy (non-hydrogen) atoms. The van der Waals surface area contributed by atoms with Gasteiger partial charge in [-0.2, -0.15) is 0 Å². The smallest absolute Gasteiger partial charge is 0.133 e. The summed E-state index contributed by atoms with van der Waals surface area (Å²) in [6.07, 6.45) is 9.15. The number of Topliss-reactive ketones (excluding diaryl/α,β-unsaturated/α-hetero) is 1. The van der Waals surface area contributed by atoms with E-state index in [-0.39, 0.29) is 6.10 Å². The van der Waals surface area contributed by atoms with Crippen molar-refractivity contribution in [3.8, 4) is 12.3 Å². The predicted molar refractivity (Wildman–Crippen MR) is 46.7 cm³/mol. The van der Waals surface area contributed by atoms with Crippen LogP contribution in [0.1, 0.15) is 32.1 Å². The quantitative estimate of drug-likeness (QED) is 0.469. The van der Waals surface area contributed by atoms with E-state index in [0.717, 1.165) is 12.8 Å². The van der Waals surface area contributed by atoms with Crippen molar-refractivity contribution in [3.05, 3.63) is 0 Å². The van der Waals surface area contributed by atoms with Gasteiger partial charge in [-0.25, -0.2) is 0 Å². The Morgan fingerprint density at radius 3 is 2.75 bits per heavy atom. The number of ketones is 1. The summed E-state index contributed by atoms with van der Waals surface area (Å²) in [4.78, 5) is 10.9. The van der Waals surface area contributed by atoms with Crippen LogP contribution in [-0.4, -0.2) is 18.5 Å². The summed E-state index contributed by atoms with van der Waals surface area (Å²) in [5, 5.41) is 0. The van der Waals surface area contributed by atoms with Gasteiger partial charge in [0.2, 0.25) is 0 Å². The first-order valence-corrected chi connectivity index (χ1v) is 4.39. The molecule has 0 saturated heterocycles. The molecule has 1 saturated carbocycles. The molecule has 0 aromatic rings. The Labute approximate surface area is 73.3 Å². The first-order chi connectivity index (χ1) is 5.83. The second-order valence-electron chi connectivity index (χ2n) is 3.06. The minimum Gasteiger partial charge on any atom is -0.377 e. The van der Waals surface area contributed by atoms with Gasteiger partial charge in [0.25, 0.3) is 0 Å². The van der Waals surface area contributed by atoms with Crippen molar-refractivity contribution < 1.29 is 9.53 Å². The van der Waals surface area contributed by atoms with Crippen LogP contribution in [0.15, 0.2) is 0 Å². The van der Waals surface area contributed by atoms with E-state index < -0.39 is 0 Å². The molecule has 1 aliphatic rings. The van der Waals surface area contributed by atoms with E-state index in [4.69, 9.17) is 11.2 Å². The zero-order valence-corrected chi connectivity index (χ0v) is 7.21. The van der Waals surface area contributed by atoms with E-state index in [9.17, 15) is 4.79 Å². The maximum atomic E-state index is 10.9. The molecule has 0 unspecified atom stereocenters. The van der Waals surface area contributed by atoms with Crippen molar-refractivity contribution in [2.24, 2.45) is 0 Å². The Morgan fingerprint density at radius 2 is 2.17 bits per heavy atom. The van der Waals surface area contributed by atoms with E-state index >= 15 is 0 Å². The molecule has 0 amide bonds. The molecule has 2 nitrogen and oxygen atoms in total. The first kappa shape index (κ1) is 9.28. The van der Waals surface area contributed by atoms with E-state index in [1.807, 2.05) is 0 Å². The molecule has 1 fully saturated rings. The highest BCUT2D eigenvalue weighted by Gasteiger charge is 2.18. The summed E-state index contributed by atoms with van der Waals surface area (Å²) in [7, 11) is 0. The lowest BCUT2D eigenvalue weighted by molar-refractivity contribution is -0.122. The Balaban J connectivity index is 2.10. The normalized spacial score (nSPS) is 19.1. The Bertz CT molecular complexity index is 181. The third-order valence-electron chi connectivity index (χ3n) is 2.09. The monoisotopic (exact) mass is 166 g/mol. The number of carbonyl (C=O) groups is 1. The fourth-order valence-electron chi connectivity index (χ4n) is 1.36. The van der Waals surface area contributed by atoms with E-state index in [0.29, 0.717) is 31.7 Å². The fourth-order valence-corrected chi connectivity index (χ4v) is 1.36. The van der Waals surface area contributed by atoms with Crippen molar-refractivity contribution in [1.29, 1.82) is 0 Å². The second-order valence-corrected chi connectivity index (χ2v) is 3.06. The number of rotatable bonds is 3. The first-order valence-electron chi connectivity index (χ1n) is 4.39. The van der Waals surface area contributed by atoms with Crippen molar-refractivity contribution >= 4 is 5.78 Å². The summed E-state index contributed by atoms with van der Waals surface area (Å²) < 4.78 is 5.48. The lowest BCUT2D eigenvalue weighted by Crippen LogP contribution is -2.21. The van der Waals surface area contributed by atoms with E-state index in [2.05, 4.69) is 5.92 Å². The van der Waals surface area contributed by atoms with Gasteiger partial charge in [0.1, 0.15) is 5.78 Å². The largest absolute Gasteiger partial charge is 0.377 e. The molecular formula is C10H14O2. The molecule has 0 aromatic carbocycles. The van der Waals surface area contributed by atoms with Crippen LogP contribution in [0.2, 0.25) is 0 Å². The van der Waals surface area contributed by atoms with Crippen LogP contribution in [0.5, 0.6) is 0 Å². The summed E-state index contributed by atoms with van der Waals surface area (Å²) >= 11 is 0. The topological polar surface area (TPSA) is 26.3 Å². The molecule has 0 aromatic heterocycles.